The Balaban J connectivity index is 2.08. The van der Waals surface area contributed by atoms with Gasteiger partial charge in [-0.15, -0.1) is 0 Å². The minimum atomic E-state index is -0.154. The van der Waals surface area contributed by atoms with Gasteiger partial charge in [-0.2, -0.15) is 14.6 Å². The summed E-state index contributed by atoms with van der Waals surface area (Å²) in [6.07, 6.45) is 2.96. The van der Waals surface area contributed by atoms with Gasteiger partial charge in [-0.25, -0.2) is 4.98 Å². The molecule has 0 amide bonds. The second-order valence-electron chi connectivity index (χ2n) is 5.16. The van der Waals surface area contributed by atoms with E-state index in [0.29, 0.717) is 22.4 Å². The van der Waals surface area contributed by atoms with Crippen molar-refractivity contribution in [1.29, 1.82) is 0 Å². The van der Waals surface area contributed by atoms with Gasteiger partial charge in [-0.1, -0.05) is 6.07 Å². The number of fused-ring (bicyclic) bond motifs is 3. The van der Waals surface area contributed by atoms with Gasteiger partial charge in [0.05, 0.1) is 23.7 Å². The Morgan fingerprint density at radius 1 is 1.17 bits per heavy atom. The van der Waals surface area contributed by atoms with E-state index >= 15 is 0 Å². The van der Waals surface area contributed by atoms with Gasteiger partial charge in [-0.3, -0.25) is 9.36 Å². The SMILES string of the molecule is COc1cccc(-n2c(C)cc3c(cnc4ncnn43)c2=O)c1. The quantitative estimate of drug-likeness (QED) is 0.564. The van der Waals surface area contributed by atoms with E-state index in [1.165, 1.54) is 12.5 Å². The van der Waals surface area contributed by atoms with Crippen LogP contribution in [0.1, 0.15) is 5.69 Å². The van der Waals surface area contributed by atoms with Gasteiger partial charge in [0.1, 0.15) is 12.1 Å². The van der Waals surface area contributed by atoms with Crippen molar-refractivity contribution in [2.24, 2.45) is 0 Å². The number of nitrogens with zero attached hydrogens (tertiary/aromatic N) is 5. The normalized spacial score (nSPS) is 11.2. The Kier molecular flexibility index (Phi) is 2.87. The highest BCUT2D eigenvalue weighted by atomic mass is 16.5. The monoisotopic (exact) mass is 307 g/mol. The summed E-state index contributed by atoms with van der Waals surface area (Å²) < 4.78 is 8.44. The zero-order chi connectivity index (χ0) is 16.0. The fourth-order valence-corrected chi connectivity index (χ4v) is 2.71. The van der Waals surface area contributed by atoms with Gasteiger partial charge < -0.3 is 4.74 Å². The molecule has 0 saturated heterocycles. The van der Waals surface area contributed by atoms with Crippen molar-refractivity contribution in [2.45, 2.75) is 6.92 Å². The first-order valence-corrected chi connectivity index (χ1v) is 7.04. The Hall–Kier alpha value is -3.22. The Bertz CT molecular complexity index is 1100. The zero-order valence-corrected chi connectivity index (χ0v) is 12.6. The maximum absolute atomic E-state index is 12.9. The minimum Gasteiger partial charge on any atom is -0.497 e. The summed E-state index contributed by atoms with van der Waals surface area (Å²) in [6.45, 7) is 1.88. The fourth-order valence-electron chi connectivity index (χ4n) is 2.71. The molecule has 0 bridgehead atoms. The number of methoxy groups -OCH3 is 1. The van der Waals surface area contributed by atoms with E-state index in [4.69, 9.17) is 4.74 Å². The predicted octanol–water partition coefficient (Wildman–Crippen LogP) is 1.75. The molecule has 7 nitrogen and oxygen atoms in total. The lowest BCUT2D eigenvalue weighted by Gasteiger charge is -2.12. The second kappa shape index (κ2) is 4.91. The Labute approximate surface area is 130 Å². The molecule has 0 radical (unpaired) electrons. The van der Waals surface area contributed by atoms with E-state index in [2.05, 4.69) is 15.1 Å². The summed E-state index contributed by atoms with van der Waals surface area (Å²) in [4.78, 5) is 21.2. The van der Waals surface area contributed by atoms with E-state index in [0.717, 1.165) is 11.4 Å². The Morgan fingerprint density at radius 3 is 2.87 bits per heavy atom. The molecule has 3 heterocycles. The van der Waals surface area contributed by atoms with Crippen LogP contribution in [-0.4, -0.2) is 31.3 Å². The lowest BCUT2D eigenvalue weighted by Crippen LogP contribution is -2.21. The van der Waals surface area contributed by atoms with Gasteiger partial charge in [-0.05, 0) is 25.1 Å². The van der Waals surface area contributed by atoms with Crippen LogP contribution in [0.25, 0.3) is 22.4 Å². The number of hydrogen-bond donors (Lipinski definition) is 0. The molecule has 114 valence electrons. The average Bonchev–Trinajstić information content (AvgIpc) is 3.04. The highest BCUT2D eigenvalue weighted by molar-refractivity contribution is 5.79. The van der Waals surface area contributed by atoms with Gasteiger partial charge in [0, 0.05) is 18.0 Å². The molecule has 3 aromatic heterocycles. The highest BCUT2D eigenvalue weighted by Crippen LogP contribution is 2.19. The minimum absolute atomic E-state index is 0.154. The number of pyridine rings is 1. The number of benzene rings is 1. The summed E-state index contributed by atoms with van der Waals surface area (Å²) in [5.74, 6) is 1.16. The molecular formula is C16H13N5O2. The average molecular weight is 307 g/mol. The van der Waals surface area contributed by atoms with E-state index in [9.17, 15) is 4.79 Å². The lowest BCUT2D eigenvalue weighted by molar-refractivity contribution is 0.414. The van der Waals surface area contributed by atoms with Crippen molar-refractivity contribution < 1.29 is 4.74 Å². The van der Waals surface area contributed by atoms with Crippen LogP contribution in [0.15, 0.2) is 47.7 Å². The van der Waals surface area contributed by atoms with Crippen molar-refractivity contribution in [3.63, 3.8) is 0 Å². The topological polar surface area (TPSA) is 74.3 Å². The van der Waals surface area contributed by atoms with Gasteiger partial charge >= 0.3 is 0 Å². The third-order valence-electron chi connectivity index (χ3n) is 3.79. The predicted molar refractivity (Wildman–Crippen MR) is 85.2 cm³/mol. The molecule has 0 unspecified atom stereocenters. The van der Waals surface area contributed by atoms with Crippen LogP contribution in [-0.2, 0) is 0 Å². The van der Waals surface area contributed by atoms with Crippen LogP contribution in [0.4, 0.5) is 0 Å². The van der Waals surface area contributed by atoms with E-state index in [-0.39, 0.29) is 5.56 Å². The van der Waals surface area contributed by atoms with E-state index < -0.39 is 0 Å². The first kappa shape index (κ1) is 13.4. The summed E-state index contributed by atoms with van der Waals surface area (Å²) in [5, 5.41) is 4.62. The zero-order valence-electron chi connectivity index (χ0n) is 12.6. The molecule has 0 fully saturated rings. The summed E-state index contributed by atoms with van der Waals surface area (Å²) in [7, 11) is 1.60. The molecule has 0 N–H and O–H groups in total. The summed E-state index contributed by atoms with van der Waals surface area (Å²) >= 11 is 0. The summed E-state index contributed by atoms with van der Waals surface area (Å²) in [5.41, 5.74) is 2.07. The number of hydrogen-bond acceptors (Lipinski definition) is 5. The largest absolute Gasteiger partial charge is 0.497 e. The molecule has 0 aliphatic heterocycles. The molecule has 7 heteroatoms. The van der Waals surface area contributed by atoms with Crippen LogP contribution in [0, 0.1) is 6.92 Å². The molecule has 0 aliphatic carbocycles. The van der Waals surface area contributed by atoms with Crippen molar-refractivity contribution in [3.05, 3.63) is 58.9 Å². The fraction of sp³-hybridized carbons (Fsp3) is 0.125. The molecule has 0 aliphatic rings. The molecule has 0 saturated carbocycles. The number of ether oxygens (including phenoxy) is 1. The number of aromatic nitrogens is 5. The molecule has 4 aromatic rings. The van der Waals surface area contributed by atoms with E-state index in [1.807, 2.05) is 37.3 Å². The smallest absolute Gasteiger partial charge is 0.266 e. The maximum atomic E-state index is 12.9. The molecule has 0 spiro atoms. The van der Waals surface area contributed by atoms with Crippen LogP contribution in [0.3, 0.4) is 0 Å². The lowest BCUT2D eigenvalue weighted by atomic mass is 10.2. The molecular weight excluding hydrogens is 294 g/mol. The van der Waals surface area contributed by atoms with Crippen LogP contribution >= 0.6 is 0 Å². The standard InChI is InChI=1S/C16H13N5O2/c1-10-6-14-13(8-17-16-18-9-19-21(14)16)15(22)20(10)11-4-3-5-12(7-11)23-2/h3-9H,1-2H3. The first-order valence-electron chi connectivity index (χ1n) is 7.04. The van der Waals surface area contributed by atoms with Crippen molar-refractivity contribution >= 4 is 16.7 Å². The third kappa shape index (κ3) is 1.97. The molecule has 4 rings (SSSR count). The van der Waals surface area contributed by atoms with Crippen LogP contribution in [0.5, 0.6) is 5.75 Å². The van der Waals surface area contributed by atoms with E-state index in [1.54, 1.807) is 16.2 Å². The first-order chi connectivity index (χ1) is 11.2. The third-order valence-corrected chi connectivity index (χ3v) is 3.79. The van der Waals surface area contributed by atoms with Crippen molar-refractivity contribution in [3.8, 4) is 11.4 Å². The Morgan fingerprint density at radius 2 is 2.04 bits per heavy atom. The van der Waals surface area contributed by atoms with Gasteiger partial charge in [0.25, 0.3) is 11.3 Å². The number of aryl methyl sites for hydroxylation is 1. The van der Waals surface area contributed by atoms with Gasteiger partial charge in [0.15, 0.2) is 0 Å². The molecule has 1 aromatic carbocycles. The maximum Gasteiger partial charge on any atom is 0.266 e. The van der Waals surface area contributed by atoms with Crippen LogP contribution < -0.4 is 10.3 Å². The highest BCUT2D eigenvalue weighted by Gasteiger charge is 2.12. The second-order valence-corrected chi connectivity index (χ2v) is 5.16. The van der Waals surface area contributed by atoms with Crippen molar-refractivity contribution in [1.82, 2.24) is 24.1 Å². The molecule has 0 atom stereocenters. The van der Waals surface area contributed by atoms with Crippen LogP contribution in [0.2, 0.25) is 0 Å². The van der Waals surface area contributed by atoms with Gasteiger partial charge in [0.2, 0.25) is 0 Å². The van der Waals surface area contributed by atoms with Crippen molar-refractivity contribution in [2.75, 3.05) is 7.11 Å². The summed E-state index contributed by atoms with van der Waals surface area (Å²) in [6, 6.07) is 9.28. The molecule has 23 heavy (non-hydrogen) atoms. The number of rotatable bonds is 2.